The molecule has 0 aromatic carbocycles. The molecule has 1 aliphatic heterocycles. The second-order valence-corrected chi connectivity index (χ2v) is 2.98. The minimum absolute atomic E-state index is 0.0653. The lowest BCUT2D eigenvalue weighted by Crippen LogP contribution is -2.30. The van der Waals surface area contributed by atoms with Crippen LogP contribution < -0.4 is 0 Å². The van der Waals surface area contributed by atoms with Crippen LogP contribution in [0.25, 0.3) is 0 Å². The van der Waals surface area contributed by atoms with Crippen LogP contribution in [0.15, 0.2) is 0 Å². The Labute approximate surface area is 74.0 Å². The van der Waals surface area contributed by atoms with Crippen molar-refractivity contribution in [3.05, 3.63) is 0 Å². The minimum atomic E-state index is -0.0653. The molecule has 12 heavy (non-hydrogen) atoms. The van der Waals surface area contributed by atoms with Crippen LogP contribution in [-0.4, -0.2) is 31.7 Å². The first-order chi connectivity index (χ1) is 5.77. The van der Waals surface area contributed by atoms with E-state index in [0.29, 0.717) is 6.61 Å². The minimum Gasteiger partial charge on any atom is -0.376 e. The molecule has 0 amide bonds. The van der Waals surface area contributed by atoms with Gasteiger partial charge in [0.25, 0.3) is 0 Å². The van der Waals surface area contributed by atoms with E-state index in [-0.39, 0.29) is 18.5 Å². The van der Waals surface area contributed by atoms with Crippen molar-refractivity contribution in [1.29, 1.82) is 0 Å². The zero-order valence-electron chi connectivity index (χ0n) is 8.08. The largest absolute Gasteiger partial charge is 0.376 e. The Morgan fingerprint density at radius 3 is 2.67 bits per heavy atom. The van der Waals surface area contributed by atoms with Crippen LogP contribution in [0.4, 0.5) is 0 Å². The van der Waals surface area contributed by atoms with E-state index in [1.54, 1.807) is 0 Å². The fraction of sp³-hybridized carbons (Fsp3) is 1.00. The first-order valence-electron chi connectivity index (χ1n) is 4.66. The molecule has 0 radical (unpaired) electrons. The molecular formula is C9H18O3. The van der Waals surface area contributed by atoms with Gasteiger partial charge < -0.3 is 14.2 Å². The molecule has 72 valence electrons. The van der Waals surface area contributed by atoms with Crippen LogP contribution in [0.1, 0.15) is 27.2 Å². The van der Waals surface area contributed by atoms with Crippen molar-refractivity contribution in [2.24, 2.45) is 0 Å². The molecule has 3 atom stereocenters. The van der Waals surface area contributed by atoms with Gasteiger partial charge >= 0.3 is 0 Å². The van der Waals surface area contributed by atoms with Crippen molar-refractivity contribution < 1.29 is 14.2 Å². The molecule has 0 aliphatic carbocycles. The molecule has 0 spiro atoms. The van der Waals surface area contributed by atoms with Crippen molar-refractivity contribution in [1.82, 2.24) is 0 Å². The van der Waals surface area contributed by atoms with E-state index >= 15 is 0 Å². The van der Waals surface area contributed by atoms with Gasteiger partial charge in [-0.1, -0.05) is 6.92 Å². The van der Waals surface area contributed by atoms with Crippen LogP contribution in [0.5, 0.6) is 0 Å². The molecule has 1 heterocycles. The Bertz CT molecular complexity index is 125. The topological polar surface area (TPSA) is 27.7 Å². The summed E-state index contributed by atoms with van der Waals surface area (Å²) in [5, 5.41) is 0. The van der Waals surface area contributed by atoms with Crippen LogP contribution in [-0.2, 0) is 14.2 Å². The molecule has 3 unspecified atom stereocenters. The number of hydrogen-bond acceptors (Lipinski definition) is 3. The third-order valence-electron chi connectivity index (χ3n) is 2.06. The molecular weight excluding hydrogens is 156 g/mol. The summed E-state index contributed by atoms with van der Waals surface area (Å²) in [6.07, 6.45) is 1.24. The Morgan fingerprint density at radius 2 is 2.25 bits per heavy atom. The van der Waals surface area contributed by atoms with Gasteiger partial charge in [0.2, 0.25) is 0 Å². The van der Waals surface area contributed by atoms with Crippen molar-refractivity contribution in [2.75, 3.05) is 13.2 Å². The summed E-state index contributed by atoms with van der Waals surface area (Å²) in [5.74, 6) is 0. The summed E-state index contributed by atoms with van der Waals surface area (Å²) in [5.41, 5.74) is 0. The highest BCUT2D eigenvalue weighted by molar-refractivity contribution is 4.73. The molecule has 0 saturated carbocycles. The van der Waals surface area contributed by atoms with E-state index in [1.165, 1.54) is 0 Å². The summed E-state index contributed by atoms with van der Waals surface area (Å²) in [7, 11) is 0. The molecule has 0 N–H and O–H groups in total. The SMILES string of the molecule is CCOC(CC)C1COC(C)O1. The molecule has 3 nitrogen and oxygen atoms in total. The van der Waals surface area contributed by atoms with E-state index in [0.717, 1.165) is 13.0 Å². The normalized spacial score (nSPS) is 32.2. The summed E-state index contributed by atoms with van der Waals surface area (Å²) in [6, 6.07) is 0. The predicted octanol–water partition coefficient (Wildman–Crippen LogP) is 1.56. The van der Waals surface area contributed by atoms with Gasteiger partial charge in [0.15, 0.2) is 6.29 Å². The molecule has 1 fully saturated rings. The van der Waals surface area contributed by atoms with Gasteiger partial charge in [0, 0.05) is 6.61 Å². The third-order valence-corrected chi connectivity index (χ3v) is 2.06. The van der Waals surface area contributed by atoms with Crippen LogP contribution >= 0.6 is 0 Å². The van der Waals surface area contributed by atoms with Gasteiger partial charge in [0.1, 0.15) is 6.10 Å². The van der Waals surface area contributed by atoms with E-state index in [1.807, 2.05) is 13.8 Å². The smallest absolute Gasteiger partial charge is 0.155 e. The molecule has 0 aromatic heterocycles. The third kappa shape index (κ3) is 2.44. The lowest BCUT2D eigenvalue weighted by Gasteiger charge is -2.20. The Morgan fingerprint density at radius 1 is 1.50 bits per heavy atom. The second kappa shape index (κ2) is 4.80. The number of ether oxygens (including phenoxy) is 3. The van der Waals surface area contributed by atoms with Gasteiger partial charge in [-0.25, -0.2) is 0 Å². The van der Waals surface area contributed by atoms with Gasteiger partial charge in [-0.2, -0.15) is 0 Å². The van der Waals surface area contributed by atoms with Crippen LogP contribution in [0.3, 0.4) is 0 Å². The molecule has 3 heteroatoms. The van der Waals surface area contributed by atoms with E-state index in [2.05, 4.69) is 6.92 Å². The maximum Gasteiger partial charge on any atom is 0.155 e. The zero-order valence-corrected chi connectivity index (χ0v) is 8.08. The lowest BCUT2D eigenvalue weighted by atomic mass is 10.1. The van der Waals surface area contributed by atoms with E-state index in [4.69, 9.17) is 14.2 Å². The Hall–Kier alpha value is -0.120. The first-order valence-corrected chi connectivity index (χ1v) is 4.66. The Kier molecular flexibility index (Phi) is 3.98. The average Bonchev–Trinajstić information content (AvgIpc) is 2.47. The van der Waals surface area contributed by atoms with Gasteiger partial charge in [-0.3, -0.25) is 0 Å². The van der Waals surface area contributed by atoms with Crippen molar-refractivity contribution in [2.45, 2.75) is 45.7 Å². The first kappa shape index (κ1) is 9.96. The molecule has 1 aliphatic rings. The fourth-order valence-corrected chi connectivity index (χ4v) is 1.45. The summed E-state index contributed by atoms with van der Waals surface area (Å²) in [4.78, 5) is 0. The van der Waals surface area contributed by atoms with Gasteiger partial charge in [0.05, 0.1) is 12.7 Å². The van der Waals surface area contributed by atoms with E-state index in [9.17, 15) is 0 Å². The van der Waals surface area contributed by atoms with Gasteiger partial charge in [-0.05, 0) is 20.3 Å². The highest BCUT2D eigenvalue weighted by atomic mass is 16.7. The monoisotopic (exact) mass is 174 g/mol. The van der Waals surface area contributed by atoms with Crippen molar-refractivity contribution in [3.63, 3.8) is 0 Å². The fourth-order valence-electron chi connectivity index (χ4n) is 1.45. The summed E-state index contributed by atoms with van der Waals surface area (Å²) < 4.78 is 16.3. The van der Waals surface area contributed by atoms with Crippen molar-refractivity contribution >= 4 is 0 Å². The van der Waals surface area contributed by atoms with Crippen molar-refractivity contribution in [3.8, 4) is 0 Å². The molecule has 0 aromatic rings. The van der Waals surface area contributed by atoms with E-state index < -0.39 is 0 Å². The average molecular weight is 174 g/mol. The highest BCUT2D eigenvalue weighted by Crippen LogP contribution is 2.17. The standard InChI is InChI=1S/C9H18O3/c1-4-8(10-5-2)9-6-11-7(3)12-9/h7-9H,4-6H2,1-3H3. The highest BCUT2D eigenvalue weighted by Gasteiger charge is 2.29. The number of rotatable bonds is 4. The maximum absolute atomic E-state index is 5.52. The summed E-state index contributed by atoms with van der Waals surface area (Å²) >= 11 is 0. The number of hydrogen-bond donors (Lipinski definition) is 0. The Balaban J connectivity index is 2.33. The summed E-state index contributed by atoms with van der Waals surface area (Å²) in [6.45, 7) is 7.43. The van der Waals surface area contributed by atoms with Crippen LogP contribution in [0.2, 0.25) is 0 Å². The predicted molar refractivity (Wildman–Crippen MR) is 46.0 cm³/mol. The quantitative estimate of drug-likeness (QED) is 0.647. The van der Waals surface area contributed by atoms with Gasteiger partial charge in [-0.15, -0.1) is 0 Å². The maximum atomic E-state index is 5.52. The molecule has 1 rings (SSSR count). The van der Waals surface area contributed by atoms with Crippen LogP contribution in [0, 0.1) is 0 Å². The molecule has 1 saturated heterocycles. The lowest BCUT2D eigenvalue weighted by molar-refractivity contribution is -0.0847. The molecule has 0 bridgehead atoms. The zero-order chi connectivity index (χ0) is 8.97. The second-order valence-electron chi connectivity index (χ2n) is 2.98.